The molecule has 0 radical (unpaired) electrons. The van der Waals surface area contributed by atoms with Crippen LogP contribution in [0.5, 0.6) is 0 Å². The van der Waals surface area contributed by atoms with Gasteiger partial charge in [-0.1, -0.05) is 60.7 Å². The van der Waals surface area contributed by atoms with Crippen LogP contribution in [0.2, 0.25) is 0 Å². The van der Waals surface area contributed by atoms with Crippen LogP contribution in [0.15, 0.2) is 85.2 Å². The summed E-state index contributed by atoms with van der Waals surface area (Å²) in [6, 6.07) is 23.4. The third kappa shape index (κ3) is 6.75. The summed E-state index contributed by atoms with van der Waals surface area (Å²) in [6.07, 6.45) is 2.94. The molecule has 0 bridgehead atoms. The summed E-state index contributed by atoms with van der Waals surface area (Å²) < 4.78 is 10.5. The number of fused-ring (bicyclic) bond motifs is 2. The van der Waals surface area contributed by atoms with Crippen LogP contribution >= 0.6 is 45.2 Å². The molecule has 0 atom stereocenters. The molecule has 6 aromatic rings. The number of aromatic nitrogens is 6. The summed E-state index contributed by atoms with van der Waals surface area (Å²) in [6.45, 7) is 5.46. The minimum Gasteiger partial charge on any atom is -0.444 e. The van der Waals surface area contributed by atoms with Gasteiger partial charge in [0.2, 0.25) is 0 Å². The SMILES string of the molecule is CC(C)(C)OC(=O)Nc1cc(-c2ccccc2)nc2c(I)cnn12.Nc1cc(-c2ccccc2)nc2c(I)cnn12. The highest BCUT2D eigenvalue weighted by Gasteiger charge is 2.19. The number of nitrogens with zero attached hydrogens (tertiary/aromatic N) is 6. The van der Waals surface area contributed by atoms with E-state index in [2.05, 4.69) is 70.7 Å². The van der Waals surface area contributed by atoms with Crippen molar-refractivity contribution in [2.24, 2.45) is 0 Å². The summed E-state index contributed by atoms with van der Waals surface area (Å²) in [5.41, 5.74) is 10.5. The van der Waals surface area contributed by atoms with E-state index in [1.807, 2.05) is 87.5 Å². The van der Waals surface area contributed by atoms with E-state index in [1.54, 1.807) is 27.5 Å². The lowest BCUT2D eigenvalue weighted by Crippen LogP contribution is -2.28. The van der Waals surface area contributed by atoms with Crippen LogP contribution in [0.3, 0.4) is 0 Å². The normalized spacial score (nSPS) is 11.2. The second-order valence-corrected chi connectivity index (χ2v) is 12.2. The zero-order valence-electron chi connectivity index (χ0n) is 22.4. The number of hydrogen-bond acceptors (Lipinski definition) is 7. The van der Waals surface area contributed by atoms with E-state index in [1.165, 1.54) is 0 Å². The minimum atomic E-state index is -0.572. The van der Waals surface area contributed by atoms with Gasteiger partial charge in [-0.25, -0.2) is 14.8 Å². The van der Waals surface area contributed by atoms with Gasteiger partial charge >= 0.3 is 6.09 Å². The quantitative estimate of drug-likeness (QED) is 0.187. The van der Waals surface area contributed by atoms with Crippen LogP contribution in [-0.4, -0.2) is 40.9 Å². The first kappa shape index (κ1) is 28.7. The Morgan fingerprint density at radius 3 is 1.83 bits per heavy atom. The Morgan fingerprint density at radius 1 is 0.805 bits per heavy atom. The Balaban J connectivity index is 0.000000174. The molecule has 0 unspecified atom stereocenters. The molecule has 0 saturated carbocycles. The van der Waals surface area contributed by atoms with Crippen molar-refractivity contribution in [1.82, 2.24) is 29.2 Å². The summed E-state index contributed by atoms with van der Waals surface area (Å²) in [4.78, 5) is 21.4. The maximum Gasteiger partial charge on any atom is 0.413 e. The van der Waals surface area contributed by atoms with E-state index in [0.29, 0.717) is 17.3 Å². The summed E-state index contributed by atoms with van der Waals surface area (Å²) in [7, 11) is 0. The Morgan fingerprint density at radius 2 is 1.29 bits per heavy atom. The van der Waals surface area contributed by atoms with Crippen LogP contribution in [-0.2, 0) is 4.74 Å². The van der Waals surface area contributed by atoms with E-state index >= 15 is 0 Å². The third-order valence-electron chi connectivity index (χ3n) is 5.65. The lowest BCUT2D eigenvalue weighted by atomic mass is 10.1. The van der Waals surface area contributed by atoms with Crippen LogP contribution in [0.1, 0.15) is 20.8 Å². The fourth-order valence-electron chi connectivity index (χ4n) is 3.91. The second kappa shape index (κ2) is 12.0. The highest BCUT2D eigenvalue weighted by molar-refractivity contribution is 14.1. The maximum atomic E-state index is 12.1. The smallest absolute Gasteiger partial charge is 0.413 e. The average molecular weight is 772 g/mol. The first-order valence-electron chi connectivity index (χ1n) is 12.5. The Kier molecular flexibility index (Phi) is 8.40. The Bertz CT molecular complexity index is 1830. The molecule has 0 fully saturated rings. The summed E-state index contributed by atoms with van der Waals surface area (Å²) in [5.74, 6) is 1.10. The number of halogens is 2. The minimum absolute atomic E-state index is 0.510. The number of benzene rings is 2. The second-order valence-electron chi connectivity index (χ2n) is 9.91. The zero-order valence-corrected chi connectivity index (χ0v) is 26.7. The summed E-state index contributed by atoms with van der Waals surface area (Å²) in [5, 5.41) is 11.2. The molecule has 4 aromatic heterocycles. The fraction of sp³-hybridized carbons (Fsp3) is 0.138. The van der Waals surface area contributed by atoms with Crippen molar-refractivity contribution in [3.8, 4) is 22.5 Å². The highest BCUT2D eigenvalue weighted by atomic mass is 127. The molecule has 0 spiro atoms. The van der Waals surface area contributed by atoms with E-state index in [9.17, 15) is 4.79 Å². The number of rotatable bonds is 3. The van der Waals surface area contributed by atoms with Crippen LogP contribution in [0, 0.1) is 7.14 Å². The van der Waals surface area contributed by atoms with Gasteiger partial charge in [0.15, 0.2) is 11.3 Å². The van der Waals surface area contributed by atoms with Gasteiger partial charge in [0.25, 0.3) is 0 Å². The van der Waals surface area contributed by atoms with Gasteiger partial charge in [0.05, 0.1) is 30.9 Å². The van der Waals surface area contributed by atoms with Gasteiger partial charge in [-0.05, 0) is 66.0 Å². The monoisotopic (exact) mass is 772 g/mol. The number of anilines is 2. The largest absolute Gasteiger partial charge is 0.444 e. The number of nitrogens with two attached hydrogens (primary N) is 1. The van der Waals surface area contributed by atoms with Crippen LogP contribution in [0.4, 0.5) is 16.4 Å². The molecule has 0 saturated heterocycles. The highest BCUT2D eigenvalue weighted by Crippen LogP contribution is 2.25. The molecule has 6 rings (SSSR count). The maximum absolute atomic E-state index is 12.1. The molecule has 0 aliphatic rings. The van der Waals surface area contributed by atoms with Gasteiger partial charge < -0.3 is 10.5 Å². The predicted octanol–water partition coefficient (Wildman–Crippen LogP) is 6.93. The zero-order chi connectivity index (χ0) is 29.1. The number of amides is 1. The predicted molar refractivity (Wildman–Crippen MR) is 177 cm³/mol. The van der Waals surface area contributed by atoms with Crippen LogP contribution in [0.25, 0.3) is 33.8 Å². The summed E-state index contributed by atoms with van der Waals surface area (Å²) >= 11 is 4.38. The first-order chi connectivity index (χ1) is 19.6. The molecule has 0 aliphatic heterocycles. The van der Waals surface area contributed by atoms with Gasteiger partial charge in [-0.15, -0.1) is 0 Å². The third-order valence-corrected chi connectivity index (χ3v) is 7.18. The van der Waals surface area contributed by atoms with E-state index in [4.69, 9.17) is 10.5 Å². The van der Waals surface area contributed by atoms with Gasteiger partial charge in [-0.2, -0.15) is 19.2 Å². The van der Waals surface area contributed by atoms with Crippen molar-refractivity contribution in [2.45, 2.75) is 26.4 Å². The lowest BCUT2D eigenvalue weighted by Gasteiger charge is -2.20. The number of carbonyl (C=O) groups excluding carboxylic acids is 1. The molecule has 10 nitrogen and oxygen atoms in total. The topological polar surface area (TPSA) is 125 Å². The molecule has 4 heterocycles. The van der Waals surface area contributed by atoms with Crippen molar-refractivity contribution < 1.29 is 9.53 Å². The molecule has 1 amide bonds. The molecular weight excluding hydrogens is 746 g/mol. The average Bonchev–Trinajstić information content (AvgIpc) is 3.51. The van der Waals surface area contributed by atoms with Crippen molar-refractivity contribution in [3.05, 3.63) is 92.3 Å². The van der Waals surface area contributed by atoms with Crippen molar-refractivity contribution in [1.29, 1.82) is 0 Å². The molecular formula is C29H26I2N8O2. The molecule has 0 aliphatic carbocycles. The molecule has 2 aromatic carbocycles. The Labute approximate surface area is 263 Å². The van der Waals surface area contributed by atoms with Crippen LogP contribution < -0.4 is 11.1 Å². The molecule has 41 heavy (non-hydrogen) atoms. The Hall–Kier alpha value is -3.79. The van der Waals surface area contributed by atoms with Crippen molar-refractivity contribution in [3.63, 3.8) is 0 Å². The molecule has 208 valence electrons. The number of ether oxygens (including phenoxy) is 1. The fourth-order valence-corrected chi connectivity index (χ4v) is 4.85. The van der Waals surface area contributed by atoms with E-state index in [-0.39, 0.29) is 0 Å². The number of hydrogen-bond donors (Lipinski definition) is 2. The molecule has 3 N–H and O–H groups in total. The van der Waals surface area contributed by atoms with Gasteiger partial charge in [-0.3, -0.25) is 5.32 Å². The number of carbonyl (C=O) groups is 1. The van der Waals surface area contributed by atoms with Crippen molar-refractivity contribution in [2.75, 3.05) is 11.1 Å². The lowest BCUT2D eigenvalue weighted by molar-refractivity contribution is 0.0635. The number of nitrogens with one attached hydrogen (secondary N) is 1. The standard InChI is InChI=1S/C17H17IN4O2.C12H9IN4/c1-17(2,3)24-16(23)21-14-9-13(11-7-5-4-6-8-11)20-15-12(18)10-19-22(14)15;13-9-7-15-17-11(14)6-10(16-12(9)17)8-4-2-1-3-5-8/h4-10H,1-3H3,(H,21,23);1-7H,14H2. The van der Waals surface area contributed by atoms with Gasteiger partial charge in [0, 0.05) is 23.3 Å². The molecule has 12 heteroatoms. The van der Waals surface area contributed by atoms with Crippen molar-refractivity contribution >= 4 is 74.2 Å². The van der Waals surface area contributed by atoms with E-state index < -0.39 is 11.7 Å². The first-order valence-corrected chi connectivity index (χ1v) is 14.7. The number of nitrogen functional groups attached to an aromatic ring is 1. The van der Waals surface area contributed by atoms with Gasteiger partial charge in [0.1, 0.15) is 17.2 Å². The van der Waals surface area contributed by atoms with E-state index in [0.717, 1.165) is 35.3 Å².